The number of rotatable bonds is 22. The van der Waals surface area contributed by atoms with Gasteiger partial charge in [0.05, 0.1) is 32.2 Å². The van der Waals surface area contributed by atoms with Crippen LogP contribution in [0.4, 0.5) is 5.69 Å². The van der Waals surface area contributed by atoms with Gasteiger partial charge in [-0.1, -0.05) is 33.8 Å². The molecule has 0 radical (unpaired) electrons. The van der Waals surface area contributed by atoms with Gasteiger partial charge < -0.3 is 41.8 Å². The van der Waals surface area contributed by atoms with Gasteiger partial charge in [0.25, 0.3) is 5.91 Å². The number of ether oxygens (including phenoxy) is 2. The third-order valence-corrected chi connectivity index (χ3v) is 6.62. The van der Waals surface area contributed by atoms with Crippen molar-refractivity contribution in [2.45, 2.75) is 66.2 Å². The number of carbonyl (C=O) groups excluding carboxylic acids is 7. The van der Waals surface area contributed by atoms with Gasteiger partial charge in [0, 0.05) is 48.7 Å². The SMILES string of the molecule is CC(C)C(=O)CCOCCC(=O)NCC(=O)NC(C(=O)NCC(=O)Nc1ccc(COC(=O)C(C)C)c(C(=O)NCCN)c1)C(C)OO. The van der Waals surface area contributed by atoms with Crippen molar-refractivity contribution >= 4 is 47.0 Å². The second-order valence-corrected chi connectivity index (χ2v) is 11.3. The number of hydrogen-bond donors (Lipinski definition) is 7. The molecule has 0 heterocycles. The van der Waals surface area contributed by atoms with Crippen LogP contribution in [0, 0.1) is 11.8 Å². The van der Waals surface area contributed by atoms with E-state index in [1.807, 2.05) is 0 Å². The fourth-order valence-electron chi connectivity index (χ4n) is 3.75. The summed E-state index contributed by atoms with van der Waals surface area (Å²) >= 11 is 0. The number of benzene rings is 1. The van der Waals surface area contributed by atoms with Crippen molar-refractivity contribution < 1.29 is 53.2 Å². The molecular formula is C31H48N6O11. The number of Topliss-reactive ketones (excluding diaryl/α,β-unsaturated/α-hetero) is 1. The predicted molar refractivity (Wildman–Crippen MR) is 172 cm³/mol. The van der Waals surface area contributed by atoms with Crippen molar-refractivity contribution in [2.24, 2.45) is 17.6 Å². The lowest BCUT2D eigenvalue weighted by Crippen LogP contribution is -2.55. The van der Waals surface area contributed by atoms with Gasteiger partial charge in [-0.05, 0) is 19.1 Å². The van der Waals surface area contributed by atoms with Crippen molar-refractivity contribution in [3.05, 3.63) is 29.3 Å². The molecule has 2 unspecified atom stereocenters. The largest absolute Gasteiger partial charge is 0.461 e. The summed E-state index contributed by atoms with van der Waals surface area (Å²) in [6.45, 7) is 7.55. The maximum atomic E-state index is 12.8. The third-order valence-electron chi connectivity index (χ3n) is 6.62. The van der Waals surface area contributed by atoms with E-state index in [1.54, 1.807) is 27.7 Å². The summed E-state index contributed by atoms with van der Waals surface area (Å²) in [7, 11) is 0. The maximum absolute atomic E-state index is 12.8. The van der Waals surface area contributed by atoms with E-state index in [-0.39, 0.29) is 74.6 Å². The second-order valence-electron chi connectivity index (χ2n) is 11.3. The molecule has 268 valence electrons. The van der Waals surface area contributed by atoms with E-state index in [2.05, 4.69) is 31.5 Å². The van der Waals surface area contributed by atoms with Gasteiger partial charge in [-0.3, -0.25) is 38.8 Å². The normalized spacial score (nSPS) is 12.1. The molecule has 8 N–H and O–H groups in total. The molecule has 1 aromatic carbocycles. The molecule has 0 saturated carbocycles. The summed E-state index contributed by atoms with van der Waals surface area (Å²) in [4.78, 5) is 90.3. The Labute approximate surface area is 279 Å². The molecule has 0 aliphatic carbocycles. The van der Waals surface area contributed by atoms with Gasteiger partial charge in [0.1, 0.15) is 24.5 Å². The van der Waals surface area contributed by atoms with Gasteiger partial charge >= 0.3 is 5.97 Å². The number of ketones is 1. The fraction of sp³-hybridized carbons (Fsp3) is 0.581. The summed E-state index contributed by atoms with van der Waals surface area (Å²) in [5.41, 5.74) is 6.20. The molecule has 5 amide bonds. The van der Waals surface area contributed by atoms with E-state index in [0.29, 0.717) is 5.56 Å². The molecular weight excluding hydrogens is 632 g/mol. The Balaban J connectivity index is 2.71. The highest BCUT2D eigenvalue weighted by Gasteiger charge is 2.28. The van der Waals surface area contributed by atoms with Crippen LogP contribution in [0.1, 0.15) is 63.4 Å². The number of hydrogen-bond acceptors (Lipinski definition) is 12. The van der Waals surface area contributed by atoms with E-state index in [0.717, 1.165) is 0 Å². The van der Waals surface area contributed by atoms with Crippen LogP contribution in [0.25, 0.3) is 0 Å². The van der Waals surface area contributed by atoms with Crippen molar-refractivity contribution in [3.63, 3.8) is 0 Å². The smallest absolute Gasteiger partial charge is 0.308 e. The first-order valence-electron chi connectivity index (χ1n) is 15.5. The minimum atomic E-state index is -1.44. The van der Waals surface area contributed by atoms with Crippen LogP contribution in [-0.2, 0) is 49.7 Å². The van der Waals surface area contributed by atoms with Crippen LogP contribution in [0.5, 0.6) is 0 Å². The van der Waals surface area contributed by atoms with E-state index < -0.39 is 60.7 Å². The number of nitrogens with two attached hydrogens (primary N) is 1. The molecule has 0 aliphatic heterocycles. The first kappa shape index (κ1) is 41.6. The molecule has 1 rings (SSSR count). The zero-order valence-corrected chi connectivity index (χ0v) is 28.0. The first-order chi connectivity index (χ1) is 22.7. The average molecular weight is 681 g/mol. The minimum Gasteiger partial charge on any atom is -0.461 e. The number of esters is 1. The lowest BCUT2D eigenvalue weighted by molar-refractivity contribution is -0.277. The highest BCUT2D eigenvalue weighted by Crippen LogP contribution is 2.18. The van der Waals surface area contributed by atoms with E-state index >= 15 is 0 Å². The third kappa shape index (κ3) is 15.9. The molecule has 0 fully saturated rings. The Kier molecular flexibility index (Phi) is 19.2. The summed E-state index contributed by atoms with van der Waals surface area (Å²) in [6.07, 6.45) is -1.06. The number of amides is 5. The van der Waals surface area contributed by atoms with Gasteiger partial charge in [-0.25, -0.2) is 4.89 Å². The monoisotopic (exact) mass is 680 g/mol. The first-order valence-corrected chi connectivity index (χ1v) is 15.5. The molecule has 0 aromatic heterocycles. The van der Waals surface area contributed by atoms with Gasteiger partial charge in [-0.15, -0.1) is 0 Å². The number of nitrogens with one attached hydrogen (secondary N) is 5. The van der Waals surface area contributed by atoms with Crippen LogP contribution in [-0.4, -0.2) is 98.1 Å². The van der Waals surface area contributed by atoms with Gasteiger partial charge in [-0.2, -0.15) is 0 Å². The minimum absolute atomic E-state index is 0.0436. The summed E-state index contributed by atoms with van der Waals surface area (Å²) < 4.78 is 10.5. The van der Waals surface area contributed by atoms with Crippen molar-refractivity contribution in [1.29, 1.82) is 0 Å². The number of anilines is 1. The quantitative estimate of drug-likeness (QED) is 0.0359. The highest BCUT2D eigenvalue weighted by atomic mass is 17.1. The van der Waals surface area contributed by atoms with Crippen molar-refractivity contribution in [1.82, 2.24) is 21.3 Å². The van der Waals surface area contributed by atoms with E-state index in [4.69, 9.17) is 20.5 Å². The molecule has 17 nitrogen and oxygen atoms in total. The molecule has 48 heavy (non-hydrogen) atoms. The molecule has 1 aromatic rings. The summed E-state index contributed by atoms with van der Waals surface area (Å²) in [5.74, 6) is -4.24. The zero-order valence-electron chi connectivity index (χ0n) is 28.0. The lowest BCUT2D eigenvalue weighted by Gasteiger charge is -2.22. The second kappa shape index (κ2) is 22.2. The highest BCUT2D eigenvalue weighted by molar-refractivity contribution is 6.00. The Bertz CT molecular complexity index is 1270. The lowest BCUT2D eigenvalue weighted by atomic mass is 10.1. The molecule has 0 spiro atoms. The van der Waals surface area contributed by atoms with Crippen LogP contribution in [0.3, 0.4) is 0 Å². The Morgan fingerprint density at radius 2 is 1.50 bits per heavy atom. The van der Waals surface area contributed by atoms with Crippen LogP contribution in [0.15, 0.2) is 18.2 Å². The Morgan fingerprint density at radius 3 is 2.12 bits per heavy atom. The van der Waals surface area contributed by atoms with Crippen LogP contribution < -0.4 is 32.3 Å². The molecule has 17 heteroatoms. The predicted octanol–water partition coefficient (Wildman–Crippen LogP) is -0.370. The van der Waals surface area contributed by atoms with E-state index in [1.165, 1.54) is 25.1 Å². The summed E-state index contributed by atoms with van der Waals surface area (Å²) in [6, 6.07) is 2.92. The number of carbonyl (C=O) groups is 7. The fourth-order valence-corrected chi connectivity index (χ4v) is 3.75. The topological polar surface area (TPSA) is 254 Å². The standard InChI is InChI=1S/C31H48N6O11/c1-18(2)24(38)8-12-46-13-9-25(39)34-15-27(41)37-28(20(5)48-45)30(43)35-16-26(40)36-22-7-6-21(17-47-31(44)19(3)4)23(14-22)29(42)33-11-10-32/h6-7,14,18-20,28,45H,8-13,15-17,32H2,1-5H3,(H,33,42)(H,34,39)(H,35,43)(H,36,40)(H,37,41). The zero-order chi connectivity index (χ0) is 36.2. The molecule has 0 saturated heterocycles. The molecule has 0 bridgehead atoms. The molecule has 0 aliphatic rings. The molecule has 2 atom stereocenters. The van der Waals surface area contributed by atoms with Crippen molar-refractivity contribution in [2.75, 3.05) is 44.7 Å². The Morgan fingerprint density at radius 1 is 0.833 bits per heavy atom. The van der Waals surface area contributed by atoms with Gasteiger partial charge in [0.2, 0.25) is 23.6 Å². The van der Waals surface area contributed by atoms with E-state index in [9.17, 15) is 33.6 Å². The van der Waals surface area contributed by atoms with Crippen molar-refractivity contribution in [3.8, 4) is 0 Å². The average Bonchev–Trinajstić information content (AvgIpc) is 3.05. The maximum Gasteiger partial charge on any atom is 0.308 e. The summed E-state index contributed by atoms with van der Waals surface area (Å²) in [5, 5.41) is 21.3. The van der Waals surface area contributed by atoms with Gasteiger partial charge in [0.15, 0.2) is 0 Å². The van der Waals surface area contributed by atoms with Crippen LogP contribution >= 0.6 is 0 Å². The van der Waals surface area contributed by atoms with Crippen LogP contribution in [0.2, 0.25) is 0 Å². The Hall–Kier alpha value is -4.45.